The van der Waals surface area contributed by atoms with Crippen molar-refractivity contribution in [1.29, 1.82) is 0 Å². The van der Waals surface area contributed by atoms with Gasteiger partial charge in [-0.3, -0.25) is 4.79 Å². The average molecular weight is 234 g/mol. The predicted molar refractivity (Wildman–Crippen MR) is 68.5 cm³/mol. The van der Waals surface area contributed by atoms with E-state index in [9.17, 15) is 9.90 Å². The summed E-state index contributed by atoms with van der Waals surface area (Å²) in [6.07, 6.45) is 2.20. The summed E-state index contributed by atoms with van der Waals surface area (Å²) in [7, 11) is 0. The molecule has 1 N–H and O–H groups in total. The summed E-state index contributed by atoms with van der Waals surface area (Å²) in [5.74, 6) is 0.0885. The molecule has 0 aromatic rings. The average Bonchev–Trinajstić information content (AvgIpc) is 2.50. The maximum Gasteiger partial charge on any atom is 0.159 e. The van der Waals surface area contributed by atoms with Gasteiger partial charge in [0, 0.05) is 11.8 Å². The van der Waals surface area contributed by atoms with E-state index < -0.39 is 6.10 Å². The molecular weight excluding hydrogens is 212 g/mol. The summed E-state index contributed by atoms with van der Waals surface area (Å²) in [6.45, 7) is 10.3. The van der Waals surface area contributed by atoms with Crippen LogP contribution in [0.1, 0.15) is 41.0 Å². The molecule has 0 radical (unpaired) electrons. The first-order valence-corrected chi connectivity index (χ1v) is 6.36. The summed E-state index contributed by atoms with van der Waals surface area (Å²) < 4.78 is 0. The van der Waals surface area contributed by atoms with Gasteiger partial charge >= 0.3 is 0 Å². The van der Waals surface area contributed by atoms with Crippen molar-refractivity contribution < 1.29 is 9.90 Å². The Morgan fingerprint density at radius 2 is 2.00 bits per heavy atom. The first-order chi connectivity index (χ1) is 7.75. The maximum absolute atomic E-state index is 11.9. The molecule has 0 amide bonds. The van der Waals surface area contributed by atoms with Crippen molar-refractivity contribution in [2.45, 2.75) is 47.1 Å². The number of hydrogen-bond acceptors (Lipinski definition) is 2. The fourth-order valence-corrected chi connectivity index (χ4v) is 3.17. The Bertz CT molecular complexity index is 422. The Labute approximate surface area is 103 Å². The number of hydrogen-bond donors (Lipinski definition) is 1. The van der Waals surface area contributed by atoms with E-state index in [0.29, 0.717) is 0 Å². The van der Waals surface area contributed by atoms with Crippen LogP contribution in [0.25, 0.3) is 0 Å². The molecule has 0 heterocycles. The van der Waals surface area contributed by atoms with E-state index in [0.717, 1.165) is 12.0 Å². The van der Waals surface area contributed by atoms with Crippen molar-refractivity contribution in [2.24, 2.45) is 17.3 Å². The van der Waals surface area contributed by atoms with Gasteiger partial charge in [0.25, 0.3) is 0 Å². The second-order valence-electron chi connectivity index (χ2n) is 6.41. The van der Waals surface area contributed by atoms with Crippen molar-refractivity contribution in [3.05, 3.63) is 22.8 Å². The van der Waals surface area contributed by atoms with Crippen LogP contribution in [0, 0.1) is 17.3 Å². The third-order valence-electron chi connectivity index (χ3n) is 4.37. The Morgan fingerprint density at radius 3 is 2.53 bits per heavy atom. The predicted octanol–water partition coefficient (Wildman–Crippen LogP) is 2.88. The zero-order valence-corrected chi connectivity index (χ0v) is 11.4. The highest BCUT2D eigenvalue weighted by Gasteiger charge is 2.49. The van der Waals surface area contributed by atoms with E-state index in [-0.39, 0.29) is 23.0 Å². The Hall–Kier alpha value is -0.890. The lowest BCUT2D eigenvalue weighted by Gasteiger charge is -2.43. The fourth-order valence-electron chi connectivity index (χ4n) is 3.17. The summed E-state index contributed by atoms with van der Waals surface area (Å²) in [5.41, 5.74) is 3.49. The van der Waals surface area contributed by atoms with E-state index >= 15 is 0 Å². The maximum atomic E-state index is 11.9. The zero-order valence-electron chi connectivity index (χ0n) is 11.4. The molecule has 2 aliphatic carbocycles. The van der Waals surface area contributed by atoms with E-state index in [4.69, 9.17) is 0 Å². The van der Waals surface area contributed by atoms with Gasteiger partial charge in [-0.2, -0.15) is 0 Å². The smallest absolute Gasteiger partial charge is 0.159 e. The molecular formula is C15H22O2. The third kappa shape index (κ3) is 1.79. The Morgan fingerprint density at radius 1 is 1.41 bits per heavy atom. The minimum atomic E-state index is -0.418. The number of fused-ring (bicyclic) bond motifs is 1. The van der Waals surface area contributed by atoms with E-state index in [2.05, 4.69) is 27.7 Å². The van der Waals surface area contributed by atoms with Crippen LogP contribution in [-0.2, 0) is 4.79 Å². The number of ketones is 1. The highest BCUT2D eigenvalue weighted by Crippen LogP contribution is 2.51. The third-order valence-corrected chi connectivity index (χ3v) is 4.37. The SMILES string of the molecule is CC(C)=C1CC(C)(C)[C@@H](O)[C@@H]2C1=CC(=O)[C@H]2C. The number of carbonyl (C=O) groups excluding carboxylic acids is 1. The molecule has 3 atom stereocenters. The molecule has 1 fully saturated rings. The van der Waals surface area contributed by atoms with E-state index in [1.165, 1.54) is 11.1 Å². The first-order valence-electron chi connectivity index (χ1n) is 6.36. The molecule has 0 spiro atoms. The molecule has 2 heteroatoms. The minimum absolute atomic E-state index is 0.00356. The van der Waals surface area contributed by atoms with Crippen molar-refractivity contribution in [3.63, 3.8) is 0 Å². The molecule has 0 aromatic carbocycles. The van der Waals surface area contributed by atoms with Crippen molar-refractivity contribution >= 4 is 5.78 Å². The Balaban J connectivity index is 2.53. The molecule has 0 unspecified atom stereocenters. The largest absolute Gasteiger partial charge is 0.392 e. The van der Waals surface area contributed by atoms with Gasteiger partial charge in [-0.1, -0.05) is 26.3 Å². The summed E-state index contributed by atoms with van der Waals surface area (Å²) >= 11 is 0. The molecule has 17 heavy (non-hydrogen) atoms. The first kappa shape index (κ1) is 12.6. The van der Waals surface area contributed by atoms with Crippen LogP contribution in [0.5, 0.6) is 0 Å². The van der Waals surface area contributed by atoms with Crippen LogP contribution in [0.15, 0.2) is 22.8 Å². The quantitative estimate of drug-likeness (QED) is 0.699. The van der Waals surface area contributed by atoms with Gasteiger partial charge in [0.2, 0.25) is 0 Å². The summed E-state index contributed by atoms with van der Waals surface area (Å²) in [4.78, 5) is 11.9. The van der Waals surface area contributed by atoms with Crippen LogP contribution in [0.4, 0.5) is 0 Å². The number of carbonyl (C=O) groups is 1. The molecule has 94 valence electrons. The molecule has 2 rings (SSSR count). The molecule has 2 nitrogen and oxygen atoms in total. The summed E-state index contributed by atoms with van der Waals surface area (Å²) in [6, 6.07) is 0. The molecule has 0 saturated heterocycles. The minimum Gasteiger partial charge on any atom is -0.392 e. The van der Waals surface area contributed by atoms with Crippen LogP contribution in [0.3, 0.4) is 0 Å². The zero-order chi connectivity index (χ0) is 13.0. The van der Waals surface area contributed by atoms with Gasteiger partial charge in [-0.15, -0.1) is 0 Å². The second-order valence-corrected chi connectivity index (χ2v) is 6.41. The topological polar surface area (TPSA) is 37.3 Å². The van der Waals surface area contributed by atoms with Gasteiger partial charge in [0.15, 0.2) is 5.78 Å². The highest BCUT2D eigenvalue weighted by molar-refractivity contribution is 5.96. The lowest BCUT2D eigenvalue weighted by atomic mass is 9.63. The lowest BCUT2D eigenvalue weighted by molar-refractivity contribution is -0.120. The second kappa shape index (κ2) is 3.81. The monoisotopic (exact) mass is 234 g/mol. The number of rotatable bonds is 0. The number of allylic oxidation sites excluding steroid dienone is 3. The van der Waals surface area contributed by atoms with Crippen molar-refractivity contribution in [2.75, 3.05) is 0 Å². The van der Waals surface area contributed by atoms with Crippen molar-refractivity contribution in [3.8, 4) is 0 Å². The molecule has 2 aliphatic rings. The molecule has 0 bridgehead atoms. The van der Waals surface area contributed by atoms with Gasteiger partial charge in [0.05, 0.1) is 6.10 Å². The highest BCUT2D eigenvalue weighted by atomic mass is 16.3. The van der Waals surface area contributed by atoms with Crippen LogP contribution in [0.2, 0.25) is 0 Å². The van der Waals surface area contributed by atoms with E-state index in [1.54, 1.807) is 6.08 Å². The van der Waals surface area contributed by atoms with Gasteiger partial charge in [0.1, 0.15) is 0 Å². The number of aliphatic hydroxyl groups is 1. The van der Waals surface area contributed by atoms with E-state index in [1.807, 2.05) is 6.92 Å². The standard InChI is InChI=1S/C15H22O2/c1-8(2)11-7-15(4,5)14(17)13-9(3)12(16)6-10(11)13/h6,9,13-14,17H,7H2,1-5H3/t9-,13+,14+/m1/s1. The van der Waals surface area contributed by atoms with Gasteiger partial charge in [-0.25, -0.2) is 0 Å². The van der Waals surface area contributed by atoms with Crippen molar-refractivity contribution in [1.82, 2.24) is 0 Å². The molecule has 0 aromatic heterocycles. The normalized spacial score (nSPS) is 35.6. The number of aliphatic hydroxyl groups excluding tert-OH is 1. The fraction of sp³-hybridized carbons (Fsp3) is 0.667. The van der Waals surface area contributed by atoms with Gasteiger partial charge in [-0.05, 0) is 42.9 Å². The Kier molecular flexibility index (Phi) is 2.81. The molecule has 0 aliphatic heterocycles. The van der Waals surface area contributed by atoms with Crippen LogP contribution in [-0.4, -0.2) is 17.0 Å². The van der Waals surface area contributed by atoms with Crippen LogP contribution < -0.4 is 0 Å². The lowest BCUT2D eigenvalue weighted by Crippen LogP contribution is -2.43. The summed E-state index contributed by atoms with van der Waals surface area (Å²) in [5, 5.41) is 10.5. The van der Waals surface area contributed by atoms with Crippen LogP contribution >= 0.6 is 0 Å². The molecule has 1 saturated carbocycles. The van der Waals surface area contributed by atoms with Gasteiger partial charge < -0.3 is 5.11 Å².